The summed E-state index contributed by atoms with van der Waals surface area (Å²) in [4.78, 5) is 12.7. The van der Waals surface area contributed by atoms with Crippen LogP contribution in [0.15, 0.2) is 18.2 Å². The first-order chi connectivity index (χ1) is 9.06. The second-order valence-corrected chi connectivity index (χ2v) is 4.25. The van der Waals surface area contributed by atoms with E-state index in [0.717, 1.165) is 0 Å². The first kappa shape index (κ1) is 15.4. The van der Waals surface area contributed by atoms with Crippen LogP contribution in [-0.4, -0.2) is 52.4 Å². The lowest BCUT2D eigenvalue weighted by molar-refractivity contribution is -0.114. The lowest BCUT2D eigenvalue weighted by atomic mass is 10.1. The molecule has 6 heteroatoms. The van der Waals surface area contributed by atoms with E-state index in [1.807, 2.05) is 4.90 Å². The van der Waals surface area contributed by atoms with Gasteiger partial charge < -0.3 is 20.6 Å². The molecule has 1 amide bonds. The summed E-state index contributed by atoms with van der Waals surface area (Å²) in [6.07, 6.45) is 0. The van der Waals surface area contributed by atoms with E-state index in [1.165, 1.54) is 13.0 Å². The third kappa shape index (κ3) is 5.25. The molecule has 0 aliphatic rings. The molecular weight excluding hydrogens is 248 g/mol. The number of nitrogens with zero attached hydrogens (tertiary/aromatic N) is 1. The monoisotopic (exact) mass is 268 g/mol. The van der Waals surface area contributed by atoms with Gasteiger partial charge in [0.25, 0.3) is 0 Å². The van der Waals surface area contributed by atoms with Crippen LogP contribution >= 0.6 is 0 Å². The molecule has 19 heavy (non-hydrogen) atoms. The Kier molecular flexibility index (Phi) is 6.27. The number of benzene rings is 1. The largest absolute Gasteiger partial charge is 0.508 e. The van der Waals surface area contributed by atoms with E-state index >= 15 is 0 Å². The third-order valence-electron chi connectivity index (χ3n) is 2.63. The van der Waals surface area contributed by atoms with Gasteiger partial charge in [0.05, 0.1) is 13.2 Å². The average Bonchev–Trinajstić information content (AvgIpc) is 2.32. The SMILES string of the molecule is CC(=O)Nc1ccc(CN(CCO)CCO)c(O)c1. The number of anilines is 1. The fourth-order valence-electron chi connectivity index (χ4n) is 1.77. The molecule has 1 aromatic rings. The van der Waals surface area contributed by atoms with Gasteiger partial charge in [-0.1, -0.05) is 6.07 Å². The zero-order chi connectivity index (χ0) is 14.3. The summed E-state index contributed by atoms with van der Waals surface area (Å²) in [5.74, 6) is -0.124. The molecule has 0 aliphatic carbocycles. The fraction of sp³-hybridized carbons (Fsp3) is 0.462. The summed E-state index contributed by atoms with van der Waals surface area (Å²) in [7, 11) is 0. The Bertz CT molecular complexity index is 417. The lowest BCUT2D eigenvalue weighted by Crippen LogP contribution is -2.29. The molecule has 0 aromatic heterocycles. The number of aromatic hydroxyl groups is 1. The van der Waals surface area contributed by atoms with E-state index in [2.05, 4.69) is 5.32 Å². The van der Waals surface area contributed by atoms with Crippen LogP contribution in [-0.2, 0) is 11.3 Å². The van der Waals surface area contributed by atoms with Gasteiger partial charge in [-0.2, -0.15) is 0 Å². The zero-order valence-corrected chi connectivity index (χ0v) is 11.0. The predicted octanol–water partition coefficient (Wildman–Crippen LogP) is 0.137. The number of carbonyl (C=O) groups excluding carboxylic acids is 1. The third-order valence-corrected chi connectivity index (χ3v) is 2.63. The second kappa shape index (κ2) is 7.73. The maximum atomic E-state index is 10.9. The minimum Gasteiger partial charge on any atom is -0.508 e. The number of amides is 1. The molecule has 106 valence electrons. The van der Waals surface area contributed by atoms with E-state index < -0.39 is 0 Å². The maximum absolute atomic E-state index is 10.9. The van der Waals surface area contributed by atoms with Gasteiger partial charge in [-0.15, -0.1) is 0 Å². The highest BCUT2D eigenvalue weighted by Gasteiger charge is 2.09. The molecule has 0 heterocycles. The van der Waals surface area contributed by atoms with Gasteiger partial charge in [-0.05, 0) is 6.07 Å². The Labute approximate surface area is 112 Å². The highest BCUT2D eigenvalue weighted by Crippen LogP contribution is 2.23. The number of hydrogen-bond donors (Lipinski definition) is 4. The van der Waals surface area contributed by atoms with Crippen molar-refractivity contribution in [2.75, 3.05) is 31.6 Å². The van der Waals surface area contributed by atoms with Crippen LogP contribution in [0.3, 0.4) is 0 Å². The molecule has 0 aliphatic heterocycles. The molecule has 1 rings (SSSR count). The highest BCUT2D eigenvalue weighted by molar-refractivity contribution is 5.88. The smallest absolute Gasteiger partial charge is 0.221 e. The number of aliphatic hydroxyl groups is 2. The van der Waals surface area contributed by atoms with E-state index in [0.29, 0.717) is 30.9 Å². The lowest BCUT2D eigenvalue weighted by Gasteiger charge is -2.20. The van der Waals surface area contributed by atoms with Gasteiger partial charge in [0.1, 0.15) is 5.75 Å². The summed E-state index contributed by atoms with van der Waals surface area (Å²) in [5.41, 5.74) is 1.21. The van der Waals surface area contributed by atoms with Crippen molar-refractivity contribution in [3.63, 3.8) is 0 Å². The van der Waals surface area contributed by atoms with Gasteiger partial charge in [0.15, 0.2) is 0 Å². The Balaban J connectivity index is 2.74. The molecule has 0 radical (unpaired) electrons. The summed E-state index contributed by atoms with van der Waals surface area (Å²) >= 11 is 0. The second-order valence-electron chi connectivity index (χ2n) is 4.25. The van der Waals surface area contributed by atoms with Crippen LogP contribution < -0.4 is 5.32 Å². The Morgan fingerprint density at radius 3 is 2.37 bits per heavy atom. The van der Waals surface area contributed by atoms with Crippen molar-refractivity contribution in [1.29, 1.82) is 0 Å². The molecule has 0 unspecified atom stereocenters. The number of nitrogens with one attached hydrogen (secondary N) is 1. The number of aliphatic hydroxyl groups excluding tert-OH is 2. The minimum atomic E-state index is -0.200. The number of hydrogen-bond acceptors (Lipinski definition) is 5. The topological polar surface area (TPSA) is 93.0 Å². The fourth-order valence-corrected chi connectivity index (χ4v) is 1.77. The molecule has 0 fully saturated rings. The molecule has 0 atom stereocenters. The standard InChI is InChI=1S/C13H20N2O4/c1-10(18)14-12-3-2-11(13(19)8-12)9-15(4-6-16)5-7-17/h2-3,8,16-17,19H,4-7,9H2,1H3,(H,14,18). The van der Waals surface area contributed by atoms with Gasteiger partial charge in [0.2, 0.25) is 5.91 Å². The van der Waals surface area contributed by atoms with Crippen molar-refractivity contribution in [2.45, 2.75) is 13.5 Å². The number of rotatable bonds is 7. The van der Waals surface area contributed by atoms with E-state index in [1.54, 1.807) is 12.1 Å². The Morgan fingerprint density at radius 2 is 1.89 bits per heavy atom. The van der Waals surface area contributed by atoms with Gasteiger partial charge in [-0.3, -0.25) is 9.69 Å². The van der Waals surface area contributed by atoms with E-state index in [-0.39, 0.29) is 24.9 Å². The van der Waals surface area contributed by atoms with Crippen molar-refractivity contribution >= 4 is 11.6 Å². The molecule has 0 bridgehead atoms. The van der Waals surface area contributed by atoms with Gasteiger partial charge in [-0.25, -0.2) is 0 Å². The maximum Gasteiger partial charge on any atom is 0.221 e. The molecule has 0 saturated carbocycles. The summed E-state index contributed by atoms with van der Waals surface area (Å²) in [6.45, 7) is 2.65. The van der Waals surface area contributed by atoms with Crippen molar-refractivity contribution in [1.82, 2.24) is 4.90 Å². The average molecular weight is 268 g/mol. The number of phenolic OH excluding ortho intramolecular Hbond substituents is 1. The van der Waals surface area contributed by atoms with Crippen LogP contribution in [0.25, 0.3) is 0 Å². The Hall–Kier alpha value is -1.63. The van der Waals surface area contributed by atoms with Crippen molar-refractivity contribution < 1.29 is 20.1 Å². The minimum absolute atomic E-state index is 0.00919. The van der Waals surface area contributed by atoms with Crippen molar-refractivity contribution in [3.8, 4) is 5.75 Å². The normalized spacial score (nSPS) is 10.7. The predicted molar refractivity (Wildman–Crippen MR) is 71.9 cm³/mol. The molecule has 4 N–H and O–H groups in total. The summed E-state index contributed by atoms with van der Waals surface area (Å²) in [6, 6.07) is 4.89. The number of carbonyl (C=O) groups is 1. The first-order valence-corrected chi connectivity index (χ1v) is 6.10. The molecule has 6 nitrogen and oxygen atoms in total. The van der Waals surface area contributed by atoms with Crippen LogP contribution in [0.1, 0.15) is 12.5 Å². The quantitative estimate of drug-likeness (QED) is 0.564. The molecule has 1 aromatic carbocycles. The van der Waals surface area contributed by atoms with E-state index in [9.17, 15) is 9.90 Å². The van der Waals surface area contributed by atoms with Crippen molar-refractivity contribution in [3.05, 3.63) is 23.8 Å². The first-order valence-electron chi connectivity index (χ1n) is 6.10. The van der Waals surface area contributed by atoms with E-state index in [4.69, 9.17) is 10.2 Å². The van der Waals surface area contributed by atoms with Crippen LogP contribution in [0.5, 0.6) is 5.75 Å². The van der Waals surface area contributed by atoms with Gasteiger partial charge >= 0.3 is 0 Å². The molecule has 0 saturated heterocycles. The van der Waals surface area contributed by atoms with Crippen LogP contribution in [0.4, 0.5) is 5.69 Å². The summed E-state index contributed by atoms with van der Waals surface area (Å²) in [5, 5.41) is 30.3. The van der Waals surface area contributed by atoms with Crippen molar-refractivity contribution in [2.24, 2.45) is 0 Å². The zero-order valence-electron chi connectivity index (χ0n) is 11.0. The van der Waals surface area contributed by atoms with Crippen LogP contribution in [0.2, 0.25) is 0 Å². The molecular formula is C13H20N2O4. The summed E-state index contributed by atoms with van der Waals surface area (Å²) < 4.78 is 0. The van der Waals surface area contributed by atoms with Gasteiger partial charge in [0, 0.05) is 43.9 Å². The molecule has 0 spiro atoms. The van der Waals surface area contributed by atoms with Crippen LogP contribution in [0, 0.1) is 0 Å². The highest BCUT2D eigenvalue weighted by atomic mass is 16.3. The number of phenols is 1. The Morgan fingerprint density at radius 1 is 1.26 bits per heavy atom.